The summed E-state index contributed by atoms with van der Waals surface area (Å²) in [7, 11) is 0. The Kier molecular flexibility index (Phi) is 3.41. The molecule has 0 aromatic heterocycles. The number of benzene rings is 1. The lowest BCUT2D eigenvalue weighted by Crippen LogP contribution is -2.15. The summed E-state index contributed by atoms with van der Waals surface area (Å²) >= 11 is 12.0. The van der Waals surface area contributed by atoms with Gasteiger partial charge in [-0.1, -0.05) is 42.2 Å². The lowest BCUT2D eigenvalue weighted by molar-refractivity contribution is 0.0521. The zero-order valence-corrected chi connectivity index (χ0v) is 10.7. The normalized spacial score (nSPS) is 19.8. The monoisotopic (exact) mass is 257 g/mol. The van der Waals surface area contributed by atoms with Gasteiger partial charge in [0.1, 0.15) is 6.10 Å². The van der Waals surface area contributed by atoms with Crippen LogP contribution in [0.2, 0.25) is 10.0 Å². The Hall–Kier alpha value is -0.730. The van der Waals surface area contributed by atoms with Crippen LogP contribution >= 0.6 is 23.2 Å². The number of halogens is 2. The second-order valence-corrected chi connectivity index (χ2v) is 5.10. The Balaban J connectivity index is 2.23. The van der Waals surface area contributed by atoms with E-state index >= 15 is 0 Å². The third kappa shape index (κ3) is 2.33. The largest absolute Gasteiger partial charge is 0.392 e. The van der Waals surface area contributed by atoms with Gasteiger partial charge in [0.25, 0.3) is 0 Å². The van der Waals surface area contributed by atoms with Gasteiger partial charge in [0, 0.05) is 22.0 Å². The van der Waals surface area contributed by atoms with Gasteiger partial charge in [0.2, 0.25) is 0 Å². The molecule has 0 saturated carbocycles. The Morgan fingerprint density at radius 3 is 2.75 bits per heavy atom. The molecule has 0 spiro atoms. The average Bonchev–Trinajstić information content (AvgIpc) is 2.70. The van der Waals surface area contributed by atoms with Crippen LogP contribution in [0.5, 0.6) is 0 Å². The number of nitrogens with zero attached hydrogens (tertiary/aromatic N) is 1. The summed E-state index contributed by atoms with van der Waals surface area (Å²) in [6, 6.07) is 5.38. The van der Waals surface area contributed by atoms with Crippen LogP contribution in [0, 0.1) is 5.92 Å². The van der Waals surface area contributed by atoms with Crippen LogP contribution in [0.25, 0.3) is 0 Å². The molecule has 1 aromatic rings. The zero-order chi connectivity index (χ0) is 11.7. The second kappa shape index (κ2) is 4.64. The molecule has 0 saturated heterocycles. The first-order valence-corrected chi connectivity index (χ1v) is 6.01. The molecule has 0 amide bonds. The fourth-order valence-corrected chi connectivity index (χ4v) is 2.03. The van der Waals surface area contributed by atoms with Crippen LogP contribution in [0.1, 0.15) is 25.8 Å². The summed E-state index contributed by atoms with van der Waals surface area (Å²) in [6.07, 6.45) is 0.933. The van der Waals surface area contributed by atoms with Gasteiger partial charge in [0.15, 0.2) is 0 Å². The predicted octanol–water partition coefficient (Wildman–Crippen LogP) is 4.14. The molecule has 16 heavy (non-hydrogen) atoms. The summed E-state index contributed by atoms with van der Waals surface area (Å²) in [4.78, 5) is 5.36. The van der Waals surface area contributed by atoms with Crippen molar-refractivity contribution in [3.8, 4) is 0 Å². The molecule has 0 fully saturated rings. The third-order valence-corrected chi connectivity index (χ3v) is 3.24. The molecule has 1 aliphatic heterocycles. The van der Waals surface area contributed by atoms with Gasteiger partial charge >= 0.3 is 0 Å². The lowest BCUT2D eigenvalue weighted by atomic mass is 9.98. The maximum Gasteiger partial charge on any atom is 0.135 e. The SMILES string of the molecule is CC(C)C1CC(c2cc(Cl)ccc2Cl)=NO1. The first-order chi connectivity index (χ1) is 7.58. The van der Waals surface area contributed by atoms with Crippen LogP contribution in [0.4, 0.5) is 0 Å². The smallest absolute Gasteiger partial charge is 0.135 e. The van der Waals surface area contributed by atoms with Crippen molar-refractivity contribution < 1.29 is 4.84 Å². The first-order valence-electron chi connectivity index (χ1n) is 5.26. The van der Waals surface area contributed by atoms with E-state index in [4.69, 9.17) is 28.0 Å². The van der Waals surface area contributed by atoms with Gasteiger partial charge in [-0.15, -0.1) is 0 Å². The molecule has 4 heteroatoms. The van der Waals surface area contributed by atoms with Gasteiger partial charge in [-0.3, -0.25) is 0 Å². The van der Waals surface area contributed by atoms with E-state index in [9.17, 15) is 0 Å². The third-order valence-electron chi connectivity index (χ3n) is 2.68. The Morgan fingerprint density at radius 1 is 1.38 bits per heavy atom. The van der Waals surface area contributed by atoms with Gasteiger partial charge in [-0.25, -0.2) is 0 Å². The zero-order valence-electron chi connectivity index (χ0n) is 9.21. The molecule has 1 unspecified atom stereocenters. The van der Waals surface area contributed by atoms with Crippen molar-refractivity contribution in [2.45, 2.75) is 26.4 Å². The van der Waals surface area contributed by atoms with Gasteiger partial charge in [0.05, 0.1) is 5.71 Å². The van der Waals surface area contributed by atoms with Gasteiger partial charge < -0.3 is 4.84 Å². The van der Waals surface area contributed by atoms with E-state index in [1.165, 1.54) is 0 Å². The first kappa shape index (κ1) is 11.7. The van der Waals surface area contributed by atoms with E-state index in [0.717, 1.165) is 17.7 Å². The van der Waals surface area contributed by atoms with Crippen molar-refractivity contribution in [3.63, 3.8) is 0 Å². The minimum Gasteiger partial charge on any atom is -0.392 e. The molecule has 2 rings (SSSR count). The molecule has 0 radical (unpaired) electrons. The summed E-state index contributed by atoms with van der Waals surface area (Å²) in [5.74, 6) is 0.444. The van der Waals surface area contributed by atoms with Crippen LogP contribution in [0.3, 0.4) is 0 Å². The molecule has 86 valence electrons. The number of oxime groups is 1. The summed E-state index contributed by atoms with van der Waals surface area (Å²) < 4.78 is 0. The van der Waals surface area contributed by atoms with Crippen molar-refractivity contribution in [2.24, 2.45) is 11.1 Å². The second-order valence-electron chi connectivity index (χ2n) is 4.25. The van der Waals surface area contributed by atoms with Crippen LogP contribution < -0.4 is 0 Å². The molecule has 1 atom stereocenters. The molecular weight excluding hydrogens is 245 g/mol. The van der Waals surface area contributed by atoms with Crippen LogP contribution in [-0.2, 0) is 4.84 Å². The van der Waals surface area contributed by atoms with E-state index in [1.54, 1.807) is 12.1 Å². The molecule has 0 N–H and O–H groups in total. The molecule has 1 aromatic carbocycles. The summed E-state index contributed by atoms with van der Waals surface area (Å²) in [5.41, 5.74) is 1.75. The minimum atomic E-state index is 0.144. The van der Waals surface area contributed by atoms with E-state index in [1.807, 2.05) is 6.07 Å². The number of hydrogen-bond acceptors (Lipinski definition) is 2. The summed E-state index contributed by atoms with van der Waals surface area (Å²) in [6.45, 7) is 4.23. The molecule has 0 aliphatic carbocycles. The van der Waals surface area contributed by atoms with Gasteiger partial charge in [-0.2, -0.15) is 0 Å². The maximum absolute atomic E-state index is 6.11. The highest BCUT2D eigenvalue weighted by molar-refractivity contribution is 6.36. The standard InChI is InChI=1S/C12H13Cl2NO/c1-7(2)12-6-11(15-16-12)9-5-8(13)3-4-10(9)14/h3-5,7,12H,6H2,1-2H3. The molecule has 2 nitrogen and oxygen atoms in total. The predicted molar refractivity (Wildman–Crippen MR) is 67.3 cm³/mol. The van der Waals surface area contributed by atoms with Crippen LogP contribution in [-0.4, -0.2) is 11.8 Å². The van der Waals surface area contributed by atoms with E-state index in [2.05, 4.69) is 19.0 Å². The van der Waals surface area contributed by atoms with E-state index in [0.29, 0.717) is 16.0 Å². The fourth-order valence-electron chi connectivity index (χ4n) is 1.63. The number of rotatable bonds is 2. The molecule has 1 aliphatic rings. The summed E-state index contributed by atoms with van der Waals surface area (Å²) in [5, 5.41) is 5.41. The average molecular weight is 258 g/mol. The highest BCUT2D eigenvalue weighted by atomic mass is 35.5. The van der Waals surface area contributed by atoms with E-state index < -0.39 is 0 Å². The topological polar surface area (TPSA) is 21.6 Å². The Labute approximate surface area is 105 Å². The van der Waals surface area contributed by atoms with Crippen molar-refractivity contribution in [1.82, 2.24) is 0 Å². The number of hydrogen-bond donors (Lipinski definition) is 0. The van der Waals surface area contributed by atoms with Crippen LogP contribution in [0.15, 0.2) is 23.4 Å². The highest BCUT2D eigenvalue weighted by Crippen LogP contribution is 2.27. The Bertz CT molecular complexity index is 429. The molecule has 0 bridgehead atoms. The molecule has 1 heterocycles. The highest BCUT2D eigenvalue weighted by Gasteiger charge is 2.26. The van der Waals surface area contributed by atoms with Crippen molar-refractivity contribution in [2.75, 3.05) is 0 Å². The quantitative estimate of drug-likeness (QED) is 0.781. The molecular formula is C12H13Cl2NO. The van der Waals surface area contributed by atoms with Crippen molar-refractivity contribution >= 4 is 28.9 Å². The lowest BCUT2D eigenvalue weighted by Gasteiger charge is -2.11. The van der Waals surface area contributed by atoms with Crippen molar-refractivity contribution in [3.05, 3.63) is 33.8 Å². The van der Waals surface area contributed by atoms with E-state index in [-0.39, 0.29) is 6.10 Å². The fraction of sp³-hybridized carbons (Fsp3) is 0.417. The minimum absolute atomic E-state index is 0.144. The maximum atomic E-state index is 6.11. The van der Waals surface area contributed by atoms with Gasteiger partial charge in [-0.05, 0) is 24.1 Å². The van der Waals surface area contributed by atoms with Crippen molar-refractivity contribution in [1.29, 1.82) is 0 Å². The Morgan fingerprint density at radius 2 is 2.12 bits per heavy atom.